The van der Waals surface area contributed by atoms with Crippen LogP contribution in [0.2, 0.25) is 0 Å². The SMILES string of the molecule is C[C@@H]1C[C@@H](c2ccncc2NC(=O)c2ccc(F)c(-c3c(F)cc(Oc4ccncc4)cc3F)n2)C[C@@H](O)[C@]1(C)O. The number of nitrogens with zero attached hydrogens (tertiary/aromatic N) is 3. The van der Waals surface area contributed by atoms with Crippen molar-refractivity contribution in [3.8, 4) is 22.8 Å². The molecule has 1 aliphatic rings. The van der Waals surface area contributed by atoms with Crippen LogP contribution < -0.4 is 10.1 Å². The van der Waals surface area contributed by atoms with E-state index in [1.807, 2.05) is 6.92 Å². The number of aromatic nitrogens is 3. The fourth-order valence-corrected chi connectivity index (χ4v) is 5.03. The third kappa shape index (κ3) is 5.77. The van der Waals surface area contributed by atoms with Crippen LogP contribution >= 0.6 is 0 Å². The van der Waals surface area contributed by atoms with Gasteiger partial charge in [-0.25, -0.2) is 18.2 Å². The first-order valence-corrected chi connectivity index (χ1v) is 12.9. The van der Waals surface area contributed by atoms with Gasteiger partial charge in [-0.05, 0) is 67.5 Å². The van der Waals surface area contributed by atoms with Crippen molar-refractivity contribution in [1.29, 1.82) is 0 Å². The van der Waals surface area contributed by atoms with Crippen molar-refractivity contribution in [2.24, 2.45) is 5.92 Å². The fraction of sp³-hybridized carbons (Fsp3) is 0.267. The molecule has 11 heteroatoms. The van der Waals surface area contributed by atoms with Crippen molar-refractivity contribution >= 4 is 11.6 Å². The molecular formula is C30H27F3N4O4. The second kappa shape index (κ2) is 11.3. The van der Waals surface area contributed by atoms with Gasteiger partial charge in [0.05, 0.1) is 29.2 Å². The van der Waals surface area contributed by atoms with Gasteiger partial charge in [-0.15, -0.1) is 0 Å². The van der Waals surface area contributed by atoms with E-state index >= 15 is 8.78 Å². The summed E-state index contributed by atoms with van der Waals surface area (Å²) in [4.78, 5) is 25.0. The number of amides is 1. The van der Waals surface area contributed by atoms with E-state index in [-0.39, 0.29) is 29.7 Å². The minimum absolute atomic E-state index is 0.156. The molecule has 1 amide bonds. The summed E-state index contributed by atoms with van der Waals surface area (Å²) in [7, 11) is 0. The largest absolute Gasteiger partial charge is 0.457 e. The number of benzene rings is 1. The first-order chi connectivity index (χ1) is 19.5. The number of rotatable bonds is 6. The van der Waals surface area contributed by atoms with Crippen molar-refractivity contribution in [3.63, 3.8) is 0 Å². The second-order valence-corrected chi connectivity index (χ2v) is 10.3. The van der Waals surface area contributed by atoms with Crippen LogP contribution in [0.3, 0.4) is 0 Å². The smallest absolute Gasteiger partial charge is 0.274 e. The molecule has 0 unspecified atom stereocenters. The minimum Gasteiger partial charge on any atom is -0.457 e. The molecule has 8 nitrogen and oxygen atoms in total. The highest BCUT2D eigenvalue weighted by molar-refractivity contribution is 6.03. The summed E-state index contributed by atoms with van der Waals surface area (Å²) < 4.78 is 50.3. The molecule has 5 rings (SSSR count). The molecular weight excluding hydrogens is 537 g/mol. The highest BCUT2D eigenvalue weighted by atomic mass is 19.1. The van der Waals surface area contributed by atoms with Crippen LogP contribution in [-0.2, 0) is 0 Å². The lowest BCUT2D eigenvalue weighted by Crippen LogP contribution is -2.49. The van der Waals surface area contributed by atoms with Crippen LogP contribution in [-0.4, -0.2) is 42.8 Å². The van der Waals surface area contributed by atoms with Crippen LogP contribution in [0.5, 0.6) is 11.5 Å². The maximum Gasteiger partial charge on any atom is 0.274 e. The Balaban J connectivity index is 1.41. The van der Waals surface area contributed by atoms with Crippen LogP contribution in [0.4, 0.5) is 18.9 Å². The Labute approximate surface area is 233 Å². The average molecular weight is 565 g/mol. The molecule has 1 saturated carbocycles. The molecule has 0 bridgehead atoms. The molecule has 3 N–H and O–H groups in total. The number of aliphatic hydroxyl groups excluding tert-OH is 1. The average Bonchev–Trinajstić information content (AvgIpc) is 2.93. The Kier molecular flexibility index (Phi) is 7.74. The Morgan fingerprint density at radius 3 is 2.34 bits per heavy atom. The zero-order valence-corrected chi connectivity index (χ0v) is 22.2. The standard InChI is InChI=1S/C30H27F3N4O4/c1-16-11-17(12-26(38)30(16,2)40)20-7-10-35-15-25(20)37-29(39)24-4-3-21(31)28(36-24)27-22(32)13-19(14-23(27)33)41-18-5-8-34-9-6-18/h3-10,13-17,26,38,40H,11-12H2,1-2H3,(H,37,39)/t16-,17-,26-,30-/m1/s1. The van der Waals surface area contributed by atoms with Gasteiger partial charge in [-0.2, -0.15) is 0 Å². The van der Waals surface area contributed by atoms with E-state index in [1.54, 1.807) is 19.2 Å². The summed E-state index contributed by atoms with van der Waals surface area (Å²) in [5.74, 6) is -4.31. The molecule has 0 saturated heterocycles. The first-order valence-electron chi connectivity index (χ1n) is 12.9. The Hall–Kier alpha value is -4.35. The number of halogens is 3. The normalized spacial score (nSPS) is 22.3. The molecule has 212 valence electrons. The quantitative estimate of drug-likeness (QED) is 0.278. The van der Waals surface area contributed by atoms with Gasteiger partial charge in [-0.3, -0.25) is 14.8 Å². The zero-order valence-electron chi connectivity index (χ0n) is 22.2. The van der Waals surface area contributed by atoms with Gasteiger partial charge < -0.3 is 20.3 Å². The number of pyridine rings is 3. The van der Waals surface area contributed by atoms with E-state index in [4.69, 9.17) is 4.74 Å². The van der Waals surface area contributed by atoms with Crippen molar-refractivity contribution in [2.45, 2.75) is 44.3 Å². The monoisotopic (exact) mass is 564 g/mol. The van der Waals surface area contributed by atoms with E-state index in [0.29, 0.717) is 23.4 Å². The number of hydrogen-bond acceptors (Lipinski definition) is 7. The van der Waals surface area contributed by atoms with Crippen LogP contribution in [0, 0.1) is 23.4 Å². The molecule has 1 aromatic carbocycles. The summed E-state index contributed by atoms with van der Waals surface area (Å²) in [5, 5.41) is 23.8. The van der Waals surface area contributed by atoms with Gasteiger partial charge in [0.15, 0.2) is 0 Å². The van der Waals surface area contributed by atoms with E-state index in [0.717, 1.165) is 24.3 Å². The minimum atomic E-state index is -1.24. The lowest BCUT2D eigenvalue weighted by molar-refractivity contribution is -0.123. The molecule has 1 aliphatic carbocycles. The van der Waals surface area contributed by atoms with E-state index < -0.39 is 46.3 Å². The highest BCUT2D eigenvalue weighted by Crippen LogP contribution is 2.43. The van der Waals surface area contributed by atoms with Gasteiger partial charge in [0.2, 0.25) is 0 Å². The summed E-state index contributed by atoms with van der Waals surface area (Å²) in [6, 6.07) is 8.51. The fourth-order valence-electron chi connectivity index (χ4n) is 5.03. The number of hydrogen-bond donors (Lipinski definition) is 3. The zero-order chi connectivity index (χ0) is 29.3. The van der Waals surface area contributed by atoms with Crippen molar-refractivity contribution < 1.29 is 32.9 Å². The van der Waals surface area contributed by atoms with Gasteiger partial charge in [0.25, 0.3) is 5.91 Å². The van der Waals surface area contributed by atoms with Gasteiger partial charge >= 0.3 is 0 Å². The van der Waals surface area contributed by atoms with Crippen molar-refractivity contribution in [3.05, 3.63) is 96.0 Å². The Bertz CT molecular complexity index is 1550. The second-order valence-electron chi connectivity index (χ2n) is 10.3. The predicted molar refractivity (Wildman–Crippen MR) is 144 cm³/mol. The van der Waals surface area contributed by atoms with Crippen LogP contribution in [0.15, 0.2) is 67.3 Å². The summed E-state index contributed by atoms with van der Waals surface area (Å²) >= 11 is 0. The van der Waals surface area contributed by atoms with Gasteiger partial charge in [0, 0.05) is 30.7 Å². The number of ether oxygens (including phenoxy) is 1. The van der Waals surface area contributed by atoms with Crippen molar-refractivity contribution in [2.75, 3.05) is 5.32 Å². The lowest BCUT2D eigenvalue weighted by Gasteiger charge is -2.43. The van der Waals surface area contributed by atoms with Crippen LogP contribution in [0.1, 0.15) is 48.7 Å². The number of aliphatic hydroxyl groups is 2. The lowest BCUT2D eigenvalue weighted by atomic mass is 9.69. The molecule has 0 radical (unpaired) electrons. The molecule has 4 atom stereocenters. The third-order valence-electron chi connectivity index (χ3n) is 7.58. The van der Waals surface area contributed by atoms with Gasteiger partial charge in [0.1, 0.15) is 40.3 Å². The number of carbonyl (C=O) groups is 1. The third-order valence-corrected chi connectivity index (χ3v) is 7.58. The molecule has 0 spiro atoms. The number of nitrogens with one attached hydrogen (secondary N) is 1. The van der Waals surface area contributed by atoms with E-state index in [9.17, 15) is 19.4 Å². The Morgan fingerprint density at radius 1 is 0.976 bits per heavy atom. The topological polar surface area (TPSA) is 117 Å². The molecule has 1 fully saturated rings. The molecule has 3 aromatic heterocycles. The predicted octanol–water partition coefficient (Wildman–Crippen LogP) is 5.63. The molecule has 0 aliphatic heterocycles. The first kappa shape index (κ1) is 28.2. The van der Waals surface area contributed by atoms with Crippen molar-refractivity contribution in [1.82, 2.24) is 15.0 Å². The molecule has 4 aromatic rings. The Morgan fingerprint density at radius 2 is 1.66 bits per heavy atom. The summed E-state index contributed by atoms with van der Waals surface area (Å²) in [5.41, 5.74) is -1.92. The number of carbonyl (C=O) groups excluding carboxylic acids is 1. The van der Waals surface area contributed by atoms with E-state index in [1.165, 1.54) is 30.7 Å². The maximum atomic E-state index is 15.0. The summed E-state index contributed by atoms with van der Waals surface area (Å²) in [6.45, 7) is 3.44. The summed E-state index contributed by atoms with van der Waals surface area (Å²) in [6.07, 6.45) is 5.73. The molecule has 3 heterocycles. The number of anilines is 1. The maximum absolute atomic E-state index is 15.0. The van der Waals surface area contributed by atoms with Crippen LogP contribution in [0.25, 0.3) is 11.3 Å². The molecule has 41 heavy (non-hydrogen) atoms. The van der Waals surface area contributed by atoms with Gasteiger partial charge in [-0.1, -0.05) is 6.92 Å². The highest BCUT2D eigenvalue weighted by Gasteiger charge is 2.43. The van der Waals surface area contributed by atoms with E-state index in [2.05, 4.69) is 20.3 Å².